The van der Waals surface area contributed by atoms with E-state index < -0.39 is 0 Å². The molecule has 0 rings (SSSR count). The number of hydrogen-bond acceptors (Lipinski definition) is 2. The highest BCUT2D eigenvalue weighted by Crippen LogP contribution is 2.25. The van der Waals surface area contributed by atoms with E-state index in [0.717, 1.165) is 95.2 Å². The zero-order valence-electron chi connectivity index (χ0n) is 32.2. The summed E-state index contributed by atoms with van der Waals surface area (Å²) in [6, 6.07) is 0. The van der Waals surface area contributed by atoms with E-state index in [1.54, 1.807) is 0 Å². The van der Waals surface area contributed by atoms with Gasteiger partial charge in [-0.1, -0.05) is 158 Å². The van der Waals surface area contributed by atoms with Crippen LogP contribution in [0.1, 0.15) is 144 Å². The Bertz CT molecular complexity index is 1010. The molecule has 0 aromatic heterocycles. The van der Waals surface area contributed by atoms with Crippen LogP contribution in [0, 0.1) is 5.41 Å². The molecule has 0 saturated heterocycles. The molecule has 0 aliphatic rings. The van der Waals surface area contributed by atoms with E-state index >= 15 is 0 Å². The number of carbonyl (C=O) groups excluding carboxylic acids is 1. The number of hydrogen-bond donors (Lipinski definition) is 0. The third-order valence-corrected chi connectivity index (χ3v) is 7.88. The molecule has 0 heterocycles. The van der Waals surface area contributed by atoms with Crippen molar-refractivity contribution < 1.29 is 9.53 Å². The third-order valence-electron chi connectivity index (χ3n) is 7.32. The van der Waals surface area contributed by atoms with Gasteiger partial charge < -0.3 is 4.74 Å². The van der Waals surface area contributed by atoms with Crippen LogP contribution in [0.2, 0.25) is 0 Å². The first-order valence-corrected chi connectivity index (χ1v) is 20.3. The van der Waals surface area contributed by atoms with E-state index in [0.29, 0.717) is 6.61 Å². The van der Waals surface area contributed by atoms with Gasteiger partial charge in [-0.25, -0.2) is 0 Å². The number of allylic oxidation sites excluding steroid dienone is 20. The van der Waals surface area contributed by atoms with Gasteiger partial charge in [-0.05, 0) is 124 Å². The second kappa shape index (κ2) is 41.5. The van der Waals surface area contributed by atoms with Gasteiger partial charge in [0.15, 0.2) is 0 Å². The van der Waals surface area contributed by atoms with E-state index in [1.165, 1.54) is 19.3 Å². The van der Waals surface area contributed by atoms with Gasteiger partial charge in [0.05, 0.1) is 12.0 Å². The molecule has 0 aliphatic heterocycles. The average Bonchev–Trinajstić information content (AvgIpc) is 3.09. The molecule has 0 aromatic carbocycles. The van der Waals surface area contributed by atoms with Gasteiger partial charge in [0.25, 0.3) is 0 Å². The van der Waals surface area contributed by atoms with Gasteiger partial charge in [0, 0.05) is 5.33 Å². The fraction of sp³-hybridized carbons (Fsp3) is 0.543. The van der Waals surface area contributed by atoms with Gasteiger partial charge in [-0.3, -0.25) is 4.79 Å². The molecule has 0 radical (unpaired) electrons. The molecule has 0 N–H and O–H groups in total. The molecule has 0 amide bonds. The van der Waals surface area contributed by atoms with Crippen molar-refractivity contribution in [2.45, 2.75) is 144 Å². The molecule has 0 saturated carbocycles. The minimum absolute atomic E-state index is 0.0788. The van der Waals surface area contributed by atoms with Crippen molar-refractivity contribution in [3.63, 3.8) is 0 Å². The van der Waals surface area contributed by atoms with Gasteiger partial charge in [-0.15, -0.1) is 0 Å². The highest BCUT2D eigenvalue weighted by molar-refractivity contribution is 9.09. The molecule has 0 bridgehead atoms. The average molecular weight is 738 g/mol. The van der Waals surface area contributed by atoms with Crippen LogP contribution in [0.25, 0.3) is 0 Å². The predicted octanol–water partition coefficient (Wildman–Crippen LogP) is 15.2. The monoisotopic (exact) mass is 736 g/mol. The molecule has 276 valence electrons. The number of rotatable bonds is 29. The van der Waals surface area contributed by atoms with Crippen molar-refractivity contribution in [1.29, 1.82) is 0 Å². The van der Waals surface area contributed by atoms with Crippen LogP contribution in [0.3, 0.4) is 0 Å². The molecule has 0 fully saturated rings. The molecule has 2 nitrogen and oxygen atoms in total. The first-order chi connectivity index (χ1) is 24.0. The molecule has 0 aromatic rings. The summed E-state index contributed by atoms with van der Waals surface area (Å²) < 4.78 is 5.12. The smallest absolute Gasteiger partial charge is 0.311 e. The van der Waals surface area contributed by atoms with Gasteiger partial charge >= 0.3 is 5.97 Å². The molecular weight excluding hydrogens is 664 g/mol. The summed E-state index contributed by atoms with van der Waals surface area (Å²) in [5.74, 6) is -0.0788. The zero-order chi connectivity index (χ0) is 36.4. The largest absolute Gasteiger partial charge is 0.466 e. The van der Waals surface area contributed by atoms with Gasteiger partial charge in [0.1, 0.15) is 0 Å². The lowest BCUT2D eigenvalue weighted by atomic mass is 9.87. The number of ether oxygens (including phenoxy) is 1. The second-order valence-electron chi connectivity index (χ2n) is 12.5. The molecular formula is C46H73BrO2. The highest BCUT2D eigenvalue weighted by Gasteiger charge is 2.28. The van der Waals surface area contributed by atoms with E-state index in [9.17, 15) is 4.79 Å². The summed E-state index contributed by atoms with van der Waals surface area (Å²) in [7, 11) is 0. The lowest BCUT2D eigenvalue weighted by Gasteiger charge is -2.21. The van der Waals surface area contributed by atoms with Crippen LogP contribution >= 0.6 is 15.9 Å². The minimum atomic E-state index is -0.363. The van der Waals surface area contributed by atoms with Crippen LogP contribution < -0.4 is 0 Å². The Morgan fingerprint density at radius 3 is 1.08 bits per heavy atom. The summed E-state index contributed by atoms with van der Waals surface area (Å²) >= 11 is 3.45. The molecule has 3 heteroatoms. The summed E-state index contributed by atoms with van der Waals surface area (Å²) in [6.45, 7) is 10.6. The van der Waals surface area contributed by atoms with E-state index in [2.05, 4.69) is 151 Å². The lowest BCUT2D eigenvalue weighted by Crippen LogP contribution is -2.26. The standard InChI is InChI=1S/C26H42O2.C20H31Br/c1-5-7-8-9-10-11-12-13-14-15-16-17-18-19-20-21-22-23-24-26(3,4)25(27)28-6-2;1-2-3-4-5-6-7-8-9-10-11-12-13-14-15-16-17-18-19-20-21/h7-8,10-11,13-14,16-17,19-20H,5-6,9,12,15,18,21-24H2,1-4H3;3-4,6-7,9-10,12-13,15-16H,2,5,8,11,14,17-20H2,1H3/b8-7-,11-10-,14-13-,17-16-,20-19-;4-3-,7-6-,10-9-,13-12-,16-15-. The molecule has 49 heavy (non-hydrogen) atoms. The highest BCUT2D eigenvalue weighted by atomic mass is 79.9. The Balaban J connectivity index is 0. The molecule has 0 spiro atoms. The number of unbranched alkanes of at least 4 members (excludes halogenated alkanes) is 4. The lowest BCUT2D eigenvalue weighted by molar-refractivity contribution is -0.153. The second-order valence-corrected chi connectivity index (χ2v) is 13.2. The van der Waals surface area contributed by atoms with Crippen LogP contribution in [0.5, 0.6) is 0 Å². The quantitative estimate of drug-likeness (QED) is 0.0331. The van der Waals surface area contributed by atoms with Crippen molar-refractivity contribution in [2.24, 2.45) is 5.41 Å². The Morgan fingerprint density at radius 2 is 0.776 bits per heavy atom. The first-order valence-electron chi connectivity index (χ1n) is 19.2. The summed E-state index contributed by atoms with van der Waals surface area (Å²) in [5.41, 5.74) is -0.363. The molecule has 0 atom stereocenters. The Labute approximate surface area is 312 Å². The Morgan fingerprint density at radius 1 is 0.469 bits per heavy atom. The zero-order valence-corrected chi connectivity index (χ0v) is 33.8. The van der Waals surface area contributed by atoms with Crippen LogP contribution in [-0.2, 0) is 9.53 Å². The predicted molar refractivity (Wildman–Crippen MR) is 225 cm³/mol. The Hall–Kier alpha value is -2.65. The van der Waals surface area contributed by atoms with Crippen LogP contribution in [0.15, 0.2) is 122 Å². The van der Waals surface area contributed by atoms with E-state index in [4.69, 9.17) is 4.74 Å². The molecule has 0 aliphatic carbocycles. The minimum Gasteiger partial charge on any atom is -0.466 e. The van der Waals surface area contributed by atoms with Crippen LogP contribution in [-0.4, -0.2) is 17.9 Å². The van der Waals surface area contributed by atoms with Crippen molar-refractivity contribution in [2.75, 3.05) is 11.9 Å². The van der Waals surface area contributed by atoms with Gasteiger partial charge in [-0.2, -0.15) is 0 Å². The van der Waals surface area contributed by atoms with E-state index in [-0.39, 0.29) is 11.4 Å². The normalized spacial score (nSPS) is 13.1. The molecule has 0 unspecified atom stereocenters. The van der Waals surface area contributed by atoms with E-state index in [1.807, 2.05) is 20.8 Å². The number of alkyl halides is 1. The van der Waals surface area contributed by atoms with Crippen molar-refractivity contribution in [1.82, 2.24) is 0 Å². The Kier molecular flexibility index (Phi) is 41.1. The topological polar surface area (TPSA) is 26.3 Å². The maximum absolute atomic E-state index is 11.8. The van der Waals surface area contributed by atoms with Crippen LogP contribution in [0.4, 0.5) is 0 Å². The number of halogens is 1. The maximum atomic E-state index is 11.8. The number of carbonyl (C=O) groups is 1. The fourth-order valence-electron chi connectivity index (χ4n) is 4.35. The summed E-state index contributed by atoms with van der Waals surface area (Å²) in [5, 5.41) is 1.12. The fourth-order valence-corrected chi connectivity index (χ4v) is 4.75. The third kappa shape index (κ3) is 41.4. The SMILES string of the molecule is CC/C=C\C/C=C\C/C=C\C/C=C\C/C=C\CCCCBr.CC/C=C\C/C=C\C/C=C\C/C=C\C/C=C\CCCCC(C)(C)C(=O)OCC. The number of esters is 1. The van der Waals surface area contributed by atoms with Gasteiger partial charge in [0.2, 0.25) is 0 Å². The van der Waals surface area contributed by atoms with Crippen molar-refractivity contribution in [3.05, 3.63) is 122 Å². The van der Waals surface area contributed by atoms with Crippen molar-refractivity contribution >= 4 is 21.9 Å². The maximum Gasteiger partial charge on any atom is 0.311 e. The summed E-state index contributed by atoms with van der Waals surface area (Å²) in [4.78, 5) is 11.8. The summed E-state index contributed by atoms with van der Waals surface area (Å²) in [6.07, 6.45) is 63.0. The van der Waals surface area contributed by atoms with Crippen molar-refractivity contribution in [3.8, 4) is 0 Å². The first kappa shape index (κ1) is 48.5.